The third kappa shape index (κ3) is 2.42. The molecule has 0 bridgehead atoms. The molecule has 21 heavy (non-hydrogen) atoms. The van der Waals surface area contributed by atoms with E-state index in [2.05, 4.69) is 30.9 Å². The largest absolute Gasteiger partial charge is 0.383 e. The van der Waals surface area contributed by atoms with Crippen LogP contribution in [-0.2, 0) is 6.42 Å². The predicted molar refractivity (Wildman–Crippen MR) is 87.1 cm³/mol. The third-order valence-corrected chi connectivity index (χ3v) is 3.91. The first kappa shape index (κ1) is 13.8. The van der Waals surface area contributed by atoms with Gasteiger partial charge < -0.3 is 10.7 Å². The molecule has 3 rings (SSSR count). The van der Waals surface area contributed by atoms with Crippen LogP contribution in [0.2, 0.25) is 0 Å². The van der Waals surface area contributed by atoms with Gasteiger partial charge in [-0.05, 0) is 34.5 Å². The second kappa shape index (κ2) is 5.29. The Bertz CT molecular complexity index is 888. The van der Waals surface area contributed by atoms with Crippen molar-refractivity contribution in [3.8, 4) is 11.5 Å². The molecule has 0 aliphatic rings. The number of H-pyrrole nitrogens is 1. The van der Waals surface area contributed by atoms with E-state index in [1.807, 2.05) is 37.3 Å². The van der Waals surface area contributed by atoms with Crippen LogP contribution >= 0.6 is 15.9 Å². The van der Waals surface area contributed by atoms with E-state index in [1.54, 1.807) is 0 Å². The standard InChI is InChI=1S/C15H13BrN4O/c1-2-9-13(17)19-14(20-15(9)21)12-10(16)7-8-5-3-4-6-11(8)18-12/h3-7H,2H2,1H3,(H3,17,19,20,21). The molecule has 0 aliphatic heterocycles. The normalized spacial score (nSPS) is 11.0. The van der Waals surface area contributed by atoms with Crippen molar-refractivity contribution in [2.75, 3.05) is 5.73 Å². The zero-order valence-corrected chi connectivity index (χ0v) is 12.9. The lowest BCUT2D eigenvalue weighted by Gasteiger charge is -2.08. The van der Waals surface area contributed by atoms with Crippen molar-refractivity contribution in [2.24, 2.45) is 0 Å². The quantitative estimate of drug-likeness (QED) is 0.748. The number of fused-ring (bicyclic) bond motifs is 1. The van der Waals surface area contributed by atoms with Crippen molar-refractivity contribution in [3.63, 3.8) is 0 Å². The summed E-state index contributed by atoms with van der Waals surface area (Å²) >= 11 is 3.47. The number of nitrogen functional groups attached to an aromatic ring is 1. The lowest BCUT2D eigenvalue weighted by Crippen LogP contribution is -2.18. The molecule has 0 radical (unpaired) electrons. The molecule has 2 aromatic heterocycles. The van der Waals surface area contributed by atoms with Gasteiger partial charge in [0.1, 0.15) is 11.5 Å². The van der Waals surface area contributed by atoms with Crippen molar-refractivity contribution >= 4 is 32.7 Å². The minimum atomic E-state index is -0.221. The summed E-state index contributed by atoms with van der Waals surface area (Å²) in [6.07, 6.45) is 0.542. The van der Waals surface area contributed by atoms with E-state index in [0.717, 1.165) is 15.4 Å². The number of aromatic nitrogens is 3. The number of anilines is 1. The van der Waals surface area contributed by atoms with Gasteiger partial charge in [-0.15, -0.1) is 0 Å². The van der Waals surface area contributed by atoms with Crippen LogP contribution in [0.3, 0.4) is 0 Å². The molecular formula is C15H13BrN4O. The van der Waals surface area contributed by atoms with Gasteiger partial charge in [-0.25, -0.2) is 9.97 Å². The first-order chi connectivity index (χ1) is 10.1. The third-order valence-electron chi connectivity index (χ3n) is 3.30. The van der Waals surface area contributed by atoms with Gasteiger partial charge in [0.2, 0.25) is 0 Å². The highest BCUT2D eigenvalue weighted by molar-refractivity contribution is 9.10. The van der Waals surface area contributed by atoms with Crippen LogP contribution in [0.4, 0.5) is 5.82 Å². The van der Waals surface area contributed by atoms with Crippen LogP contribution in [-0.4, -0.2) is 15.0 Å². The van der Waals surface area contributed by atoms with Gasteiger partial charge in [-0.3, -0.25) is 4.79 Å². The van der Waals surface area contributed by atoms with Gasteiger partial charge in [0.15, 0.2) is 5.82 Å². The Morgan fingerprint density at radius 2 is 2.05 bits per heavy atom. The molecule has 0 atom stereocenters. The van der Waals surface area contributed by atoms with E-state index in [4.69, 9.17) is 5.73 Å². The Balaban J connectivity index is 2.25. The van der Waals surface area contributed by atoms with E-state index >= 15 is 0 Å². The predicted octanol–water partition coefficient (Wildman–Crippen LogP) is 2.89. The van der Waals surface area contributed by atoms with Crippen LogP contribution in [0, 0.1) is 0 Å². The second-order valence-corrected chi connectivity index (χ2v) is 5.50. The zero-order chi connectivity index (χ0) is 15.0. The Morgan fingerprint density at radius 3 is 2.76 bits per heavy atom. The van der Waals surface area contributed by atoms with Crippen molar-refractivity contribution in [3.05, 3.63) is 50.7 Å². The fraction of sp³-hybridized carbons (Fsp3) is 0.133. The lowest BCUT2D eigenvalue weighted by atomic mass is 10.2. The van der Waals surface area contributed by atoms with Crippen LogP contribution in [0.25, 0.3) is 22.4 Å². The Hall–Kier alpha value is -2.21. The summed E-state index contributed by atoms with van der Waals surface area (Å²) in [5.74, 6) is 0.616. The fourth-order valence-corrected chi connectivity index (χ4v) is 2.75. The molecule has 0 unspecified atom stereocenters. The molecule has 5 nitrogen and oxygen atoms in total. The molecule has 0 amide bonds. The van der Waals surface area contributed by atoms with Crippen LogP contribution in [0.5, 0.6) is 0 Å². The highest BCUT2D eigenvalue weighted by atomic mass is 79.9. The van der Waals surface area contributed by atoms with Crippen LogP contribution in [0.15, 0.2) is 39.6 Å². The SMILES string of the molecule is CCc1c(N)nc(-c2nc3ccccc3cc2Br)[nH]c1=O. The van der Waals surface area contributed by atoms with Crippen LogP contribution < -0.4 is 11.3 Å². The number of para-hydroxylation sites is 1. The highest BCUT2D eigenvalue weighted by Gasteiger charge is 2.13. The molecule has 106 valence electrons. The summed E-state index contributed by atoms with van der Waals surface area (Å²) in [4.78, 5) is 23.6. The average molecular weight is 345 g/mol. The number of halogens is 1. The Morgan fingerprint density at radius 1 is 1.29 bits per heavy atom. The molecule has 6 heteroatoms. The van der Waals surface area contributed by atoms with E-state index in [0.29, 0.717) is 23.5 Å². The smallest absolute Gasteiger partial charge is 0.256 e. The summed E-state index contributed by atoms with van der Waals surface area (Å²) in [5.41, 5.74) is 7.53. The molecule has 3 aromatic rings. The molecule has 0 saturated carbocycles. The topological polar surface area (TPSA) is 84.7 Å². The number of nitrogens with zero attached hydrogens (tertiary/aromatic N) is 2. The minimum Gasteiger partial charge on any atom is -0.383 e. The summed E-state index contributed by atoms with van der Waals surface area (Å²) < 4.78 is 0.757. The zero-order valence-electron chi connectivity index (χ0n) is 11.4. The minimum absolute atomic E-state index is 0.221. The maximum atomic E-state index is 12.0. The van der Waals surface area contributed by atoms with Gasteiger partial charge in [-0.2, -0.15) is 0 Å². The number of nitrogens with two attached hydrogens (primary N) is 1. The molecular weight excluding hydrogens is 332 g/mol. The van der Waals surface area contributed by atoms with Crippen molar-refractivity contribution in [2.45, 2.75) is 13.3 Å². The van der Waals surface area contributed by atoms with E-state index < -0.39 is 0 Å². The molecule has 1 aromatic carbocycles. The van der Waals surface area contributed by atoms with Gasteiger partial charge in [0.05, 0.1) is 11.1 Å². The molecule has 3 N–H and O–H groups in total. The van der Waals surface area contributed by atoms with Crippen molar-refractivity contribution < 1.29 is 0 Å². The molecule has 2 heterocycles. The molecule has 0 spiro atoms. The monoisotopic (exact) mass is 344 g/mol. The maximum Gasteiger partial charge on any atom is 0.256 e. The van der Waals surface area contributed by atoms with E-state index in [1.165, 1.54) is 0 Å². The van der Waals surface area contributed by atoms with E-state index in [-0.39, 0.29) is 11.4 Å². The van der Waals surface area contributed by atoms with Crippen molar-refractivity contribution in [1.82, 2.24) is 15.0 Å². The first-order valence-corrected chi connectivity index (χ1v) is 7.33. The molecule has 0 fully saturated rings. The van der Waals surface area contributed by atoms with Crippen molar-refractivity contribution in [1.29, 1.82) is 0 Å². The number of pyridine rings is 1. The van der Waals surface area contributed by atoms with E-state index in [9.17, 15) is 4.79 Å². The Labute approximate surface area is 129 Å². The average Bonchev–Trinajstić information content (AvgIpc) is 2.46. The number of nitrogens with one attached hydrogen (secondary N) is 1. The first-order valence-electron chi connectivity index (χ1n) is 6.54. The fourth-order valence-electron chi connectivity index (χ4n) is 2.23. The summed E-state index contributed by atoms with van der Waals surface area (Å²) in [5, 5.41) is 1.01. The number of aromatic amines is 1. The van der Waals surface area contributed by atoms with Gasteiger partial charge in [-0.1, -0.05) is 25.1 Å². The lowest BCUT2D eigenvalue weighted by molar-refractivity contribution is 1.01. The summed E-state index contributed by atoms with van der Waals surface area (Å²) in [7, 11) is 0. The van der Waals surface area contributed by atoms with Gasteiger partial charge in [0, 0.05) is 9.86 Å². The van der Waals surface area contributed by atoms with Crippen LogP contribution in [0.1, 0.15) is 12.5 Å². The summed E-state index contributed by atoms with van der Waals surface area (Å²) in [6.45, 7) is 1.87. The molecule has 0 aliphatic carbocycles. The number of rotatable bonds is 2. The maximum absolute atomic E-state index is 12.0. The number of hydrogen-bond donors (Lipinski definition) is 2. The van der Waals surface area contributed by atoms with Gasteiger partial charge in [0.25, 0.3) is 5.56 Å². The second-order valence-electron chi connectivity index (χ2n) is 4.64. The number of benzene rings is 1. The van der Waals surface area contributed by atoms with Gasteiger partial charge >= 0.3 is 0 Å². The number of hydrogen-bond acceptors (Lipinski definition) is 4. The Kier molecular flexibility index (Phi) is 3.47. The molecule has 0 saturated heterocycles. The highest BCUT2D eigenvalue weighted by Crippen LogP contribution is 2.27. The summed E-state index contributed by atoms with van der Waals surface area (Å²) in [6, 6.07) is 9.69.